The Labute approximate surface area is 157 Å². The number of likely N-dealkylation sites (N-methyl/N-ethyl adjacent to an activating group) is 1. The smallest absolute Gasteiger partial charge is 0.273 e. The van der Waals surface area contributed by atoms with Crippen LogP contribution in [0.4, 0.5) is 4.39 Å². The number of aromatic nitrogens is 1. The van der Waals surface area contributed by atoms with E-state index in [0.29, 0.717) is 11.7 Å². The summed E-state index contributed by atoms with van der Waals surface area (Å²) < 4.78 is 13.0. The first kappa shape index (κ1) is 20.8. The maximum Gasteiger partial charge on any atom is 0.273 e. The zero-order valence-corrected chi connectivity index (χ0v) is 15.6. The Hall–Kier alpha value is -1.21. The molecule has 0 radical (unpaired) electrons. The van der Waals surface area contributed by atoms with Crippen LogP contribution >= 0.6 is 36.2 Å². The molecule has 1 aromatic carbocycles. The number of hydrogen-bond donors (Lipinski definition) is 1. The molecule has 1 amide bonds. The van der Waals surface area contributed by atoms with Gasteiger partial charge in [-0.2, -0.15) is 0 Å². The van der Waals surface area contributed by atoms with E-state index in [1.165, 1.54) is 23.5 Å². The number of halogens is 3. The molecule has 0 aliphatic carbocycles. The van der Waals surface area contributed by atoms with Crippen LogP contribution in [0.2, 0.25) is 0 Å². The minimum atomic E-state index is -0.275. The molecule has 1 unspecified atom stereocenters. The van der Waals surface area contributed by atoms with Gasteiger partial charge in [0.25, 0.3) is 5.91 Å². The van der Waals surface area contributed by atoms with E-state index in [-0.39, 0.29) is 36.5 Å². The highest BCUT2D eigenvalue weighted by molar-refractivity contribution is 7.13. The lowest BCUT2D eigenvalue weighted by Gasteiger charge is -2.32. The number of carbonyl (C=O) groups excluding carboxylic acids is 1. The van der Waals surface area contributed by atoms with Gasteiger partial charge in [-0.1, -0.05) is 0 Å². The first-order valence-electron chi connectivity index (χ1n) is 7.35. The van der Waals surface area contributed by atoms with Crippen LogP contribution in [0.1, 0.15) is 23.3 Å². The highest BCUT2D eigenvalue weighted by atomic mass is 35.5. The number of likely N-dealkylation sites (tertiary alicyclic amines) is 1. The topological polar surface area (TPSA) is 45.2 Å². The van der Waals surface area contributed by atoms with Crippen molar-refractivity contribution in [1.29, 1.82) is 0 Å². The van der Waals surface area contributed by atoms with E-state index in [0.717, 1.165) is 36.5 Å². The van der Waals surface area contributed by atoms with Crippen molar-refractivity contribution in [3.05, 3.63) is 41.2 Å². The maximum atomic E-state index is 13.0. The highest BCUT2D eigenvalue weighted by Crippen LogP contribution is 2.25. The lowest BCUT2D eigenvalue weighted by molar-refractivity contribution is 0.0693. The molecule has 1 aromatic heterocycles. The fourth-order valence-electron chi connectivity index (χ4n) is 2.66. The lowest BCUT2D eigenvalue weighted by Crippen LogP contribution is -2.47. The third-order valence-electron chi connectivity index (χ3n) is 3.93. The van der Waals surface area contributed by atoms with E-state index in [1.54, 1.807) is 17.5 Å². The SMILES string of the molecule is CNC1CCCN(C(=O)c2csc(-c3ccc(F)cc3)n2)C1.Cl.Cl. The minimum absolute atomic E-state index is 0. The maximum absolute atomic E-state index is 13.0. The number of nitrogens with zero attached hydrogens (tertiary/aromatic N) is 2. The first-order chi connectivity index (χ1) is 10.7. The fourth-order valence-corrected chi connectivity index (χ4v) is 3.46. The van der Waals surface area contributed by atoms with Crippen molar-refractivity contribution in [3.63, 3.8) is 0 Å². The van der Waals surface area contributed by atoms with Gasteiger partial charge in [0.2, 0.25) is 0 Å². The normalized spacial score (nSPS) is 16.9. The Morgan fingerprint density at radius 2 is 2.04 bits per heavy atom. The Morgan fingerprint density at radius 3 is 2.71 bits per heavy atom. The number of thiazole rings is 1. The highest BCUT2D eigenvalue weighted by Gasteiger charge is 2.25. The summed E-state index contributed by atoms with van der Waals surface area (Å²) >= 11 is 1.41. The predicted molar refractivity (Wildman–Crippen MR) is 100.0 cm³/mol. The van der Waals surface area contributed by atoms with Crippen molar-refractivity contribution in [2.24, 2.45) is 0 Å². The third kappa shape index (κ3) is 4.66. The van der Waals surface area contributed by atoms with E-state index in [2.05, 4.69) is 10.3 Å². The molecule has 1 fully saturated rings. The average Bonchev–Trinajstić information content (AvgIpc) is 3.05. The van der Waals surface area contributed by atoms with Crippen LogP contribution in [0.15, 0.2) is 29.6 Å². The van der Waals surface area contributed by atoms with Crippen molar-refractivity contribution >= 4 is 42.1 Å². The Balaban J connectivity index is 0.00000144. The van der Waals surface area contributed by atoms with Crippen molar-refractivity contribution in [2.75, 3.05) is 20.1 Å². The van der Waals surface area contributed by atoms with Gasteiger partial charge in [-0.05, 0) is 44.2 Å². The number of piperidine rings is 1. The van der Waals surface area contributed by atoms with E-state index < -0.39 is 0 Å². The molecular formula is C16H20Cl2FN3OS. The van der Waals surface area contributed by atoms with Crippen molar-refractivity contribution in [2.45, 2.75) is 18.9 Å². The number of hydrogen-bond acceptors (Lipinski definition) is 4. The third-order valence-corrected chi connectivity index (χ3v) is 4.82. The van der Waals surface area contributed by atoms with Crippen molar-refractivity contribution in [3.8, 4) is 10.6 Å². The first-order valence-corrected chi connectivity index (χ1v) is 8.23. The monoisotopic (exact) mass is 391 g/mol. The molecule has 2 heterocycles. The average molecular weight is 392 g/mol. The van der Waals surface area contributed by atoms with Gasteiger partial charge in [0.05, 0.1) is 0 Å². The number of rotatable bonds is 3. The van der Waals surface area contributed by atoms with Crippen LogP contribution in [-0.2, 0) is 0 Å². The molecule has 24 heavy (non-hydrogen) atoms. The van der Waals surface area contributed by atoms with Gasteiger partial charge in [0.15, 0.2) is 0 Å². The molecule has 132 valence electrons. The van der Waals surface area contributed by atoms with Crippen LogP contribution in [-0.4, -0.2) is 42.0 Å². The molecule has 2 aromatic rings. The molecule has 1 aliphatic heterocycles. The van der Waals surface area contributed by atoms with Crippen molar-refractivity contribution < 1.29 is 9.18 Å². The van der Waals surface area contributed by atoms with Gasteiger partial charge in [0.1, 0.15) is 16.5 Å². The number of amides is 1. The number of carbonyl (C=O) groups is 1. The Morgan fingerprint density at radius 1 is 1.33 bits per heavy atom. The molecule has 4 nitrogen and oxygen atoms in total. The summed E-state index contributed by atoms with van der Waals surface area (Å²) in [7, 11) is 1.92. The summed E-state index contributed by atoms with van der Waals surface area (Å²) in [6.07, 6.45) is 2.10. The van der Waals surface area contributed by atoms with Crippen LogP contribution in [0.3, 0.4) is 0 Å². The molecule has 1 saturated heterocycles. The number of benzene rings is 1. The zero-order chi connectivity index (χ0) is 15.5. The summed E-state index contributed by atoms with van der Waals surface area (Å²) in [4.78, 5) is 18.8. The van der Waals surface area contributed by atoms with Gasteiger partial charge < -0.3 is 10.2 Å². The molecule has 0 bridgehead atoms. The standard InChI is InChI=1S/C16H18FN3OS.2ClH/c1-18-13-3-2-8-20(9-13)16(21)14-10-22-15(19-14)11-4-6-12(17)7-5-11;;/h4-7,10,13,18H,2-3,8-9H2,1H3;2*1H. The summed E-state index contributed by atoms with van der Waals surface area (Å²) in [5.41, 5.74) is 1.30. The quantitative estimate of drug-likeness (QED) is 0.868. The van der Waals surface area contributed by atoms with E-state index in [4.69, 9.17) is 0 Å². The van der Waals surface area contributed by atoms with E-state index in [9.17, 15) is 9.18 Å². The summed E-state index contributed by atoms with van der Waals surface area (Å²) in [6.45, 7) is 1.50. The zero-order valence-electron chi connectivity index (χ0n) is 13.2. The van der Waals surface area contributed by atoms with Gasteiger partial charge in [-0.15, -0.1) is 36.2 Å². The molecule has 3 rings (SSSR count). The summed E-state index contributed by atoms with van der Waals surface area (Å²) in [5, 5.41) is 5.75. The largest absolute Gasteiger partial charge is 0.336 e. The molecule has 0 spiro atoms. The summed E-state index contributed by atoms with van der Waals surface area (Å²) in [5.74, 6) is -0.299. The molecule has 0 saturated carbocycles. The molecular weight excluding hydrogens is 372 g/mol. The molecule has 1 atom stereocenters. The van der Waals surface area contributed by atoms with E-state index >= 15 is 0 Å². The molecule has 1 N–H and O–H groups in total. The minimum Gasteiger partial charge on any atom is -0.336 e. The van der Waals surface area contributed by atoms with E-state index in [1.807, 2.05) is 11.9 Å². The Bertz CT molecular complexity index is 666. The van der Waals surface area contributed by atoms with Gasteiger partial charge in [-0.3, -0.25) is 4.79 Å². The van der Waals surface area contributed by atoms with Crippen molar-refractivity contribution in [1.82, 2.24) is 15.2 Å². The van der Waals surface area contributed by atoms with Crippen LogP contribution < -0.4 is 5.32 Å². The second-order valence-electron chi connectivity index (χ2n) is 5.42. The molecule has 8 heteroatoms. The summed E-state index contributed by atoms with van der Waals surface area (Å²) in [6, 6.07) is 6.52. The Kier molecular flexibility index (Phi) is 8.09. The van der Waals surface area contributed by atoms with Crippen LogP contribution in [0, 0.1) is 5.82 Å². The lowest BCUT2D eigenvalue weighted by atomic mass is 10.1. The van der Waals surface area contributed by atoms with Crippen LogP contribution in [0.25, 0.3) is 10.6 Å². The van der Waals surface area contributed by atoms with Gasteiger partial charge in [-0.25, -0.2) is 9.37 Å². The fraction of sp³-hybridized carbons (Fsp3) is 0.375. The van der Waals surface area contributed by atoms with Gasteiger partial charge >= 0.3 is 0 Å². The number of nitrogens with one attached hydrogen (secondary N) is 1. The second-order valence-corrected chi connectivity index (χ2v) is 6.28. The predicted octanol–water partition coefficient (Wildman–Crippen LogP) is 3.62. The van der Waals surface area contributed by atoms with Gasteiger partial charge in [0, 0.05) is 30.1 Å². The molecule has 1 aliphatic rings. The van der Waals surface area contributed by atoms with Crippen LogP contribution in [0.5, 0.6) is 0 Å². The second kappa shape index (κ2) is 9.32.